The molecule has 0 amide bonds. The van der Waals surface area contributed by atoms with E-state index in [1.165, 1.54) is 10.6 Å². The normalized spacial score (nSPS) is 12.4. The van der Waals surface area contributed by atoms with Crippen LogP contribution in [0.2, 0.25) is 0 Å². The minimum atomic E-state index is -1.54. The van der Waals surface area contributed by atoms with Crippen molar-refractivity contribution in [2.45, 2.75) is 0 Å². The third kappa shape index (κ3) is 2.28. The molecule has 2 aromatic rings. The first-order chi connectivity index (χ1) is 7.21. The Morgan fingerprint density at radius 2 is 1.07 bits per heavy atom. The van der Waals surface area contributed by atoms with Gasteiger partial charge >= 0.3 is 93.8 Å². The Kier molecular flexibility index (Phi) is 3.19. The summed E-state index contributed by atoms with van der Waals surface area (Å²) in [4.78, 5) is 0. The van der Waals surface area contributed by atoms with Crippen LogP contribution in [-0.2, 0) is 0 Å². The molecule has 78 valence electrons. The average molecular weight is 234 g/mol. The summed E-state index contributed by atoms with van der Waals surface area (Å²) in [7, 11) is 3.08. The first-order valence-corrected chi connectivity index (χ1v) is 9.42. The summed E-state index contributed by atoms with van der Waals surface area (Å²) in [6.07, 6.45) is 0. The molecule has 1 unspecified atom stereocenters. The van der Waals surface area contributed by atoms with Gasteiger partial charge in [-0.05, 0) is 0 Å². The topological polar surface area (TPSA) is 0 Å². The second-order valence-electron chi connectivity index (χ2n) is 3.93. The Morgan fingerprint density at radius 1 is 0.733 bits per heavy atom. The molecule has 0 bridgehead atoms. The molecule has 0 spiro atoms. The average Bonchev–Trinajstić information content (AvgIpc) is 2.31. The van der Waals surface area contributed by atoms with Gasteiger partial charge in [-0.15, -0.1) is 0 Å². The van der Waals surface area contributed by atoms with Crippen molar-refractivity contribution < 1.29 is 0 Å². The monoisotopic (exact) mass is 234 g/mol. The number of hydrogen-bond donors (Lipinski definition) is 0. The van der Waals surface area contributed by atoms with Crippen molar-refractivity contribution in [2.75, 3.05) is 6.66 Å². The van der Waals surface area contributed by atoms with Crippen LogP contribution in [0.3, 0.4) is 0 Å². The van der Waals surface area contributed by atoms with Crippen LogP contribution >= 0.6 is 15.9 Å². The van der Waals surface area contributed by atoms with Gasteiger partial charge in [-0.3, -0.25) is 0 Å². The van der Waals surface area contributed by atoms with Crippen LogP contribution in [0.15, 0.2) is 60.7 Å². The molecule has 2 heteroatoms. The molecule has 0 aliphatic carbocycles. The van der Waals surface area contributed by atoms with Gasteiger partial charge in [0.1, 0.15) is 0 Å². The van der Waals surface area contributed by atoms with Gasteiger partial charge in [0.15, 0.2) is 0 Å². The molecule has 0 aliphatic heterocycles. The summed E-state index contributed by atoms with van der Waals surface area (Å²) in [5, 5.41) is 2.92. The van der Waals surface area contributed by atoms with Gasteiger partial charge in [-0.2, -0.15) is 0 Å². The van der Waals surface area contributed by atoms with Crippen LogP contribution in [0.4, 0.5) is 0 Å². The van der Waals surface area contributed by atoms with Crippen molar-refractivity contribution in [1.82, 2.24) is 0 Å². The summed E-state index contributed by atoms with van der Waals surface area (Å²) in [5.41, 5.74) is 0. The van der Waals surface area contributed by atoms with Crippen LogP contribution in [0, 0.1) is 0 Å². The molecule has 0 N–H and O–H groups in total. The van der Waals surface area contributed by atoms with Crippen LogP contribution in [0.25, 0.3) is 0 Å². The zero-order valence-electron chi connectivity index (χ0n) is 8.85. The zero-order chi connectivity index (χ0) is 10.7. The molecule has 0 heterocycles. The van der Waals surface area contributed by atoms with Crippen LogP contribution in [-0.4, -0.2) is 6.66 Å². The Labute approximate surface area is 94.2 Å². The number of rotatable bonds is 2. The Hall–Kier alpha value is -0.700. The van der Waals surface area contributed by atoms with Crippen molar-refractivity contribution in [3.05, 3.63) is 60.7 Å². The van der Waals surface area contributed by atoms with E-state index < -0.39 is 6.95 Å². The fraction of sp³-hybridized carbons (Fsp3) is 0.0769. The molecular weight excluding hydrogens is 218 g/mol. The molecule has 2 aromatic carbocycles. The summed E-state index contributed by atoms with van der Waals surface area (Å²) >= 11 is 0. The van der Waals surface area contributed by atoms with Crippen molar-refractivity contribution in [3.63, 3.8) is 0 Å². The number of benzene rings is 2. The fourth-order valence-corrected chi connectivity index (χ4v) is 4.99. The maximum atomic E-state index is 3.08. The van der Waals surface area contributed by atoms with E-state index in [-0.39, 0.29) is 0 Å². The molecule has 2 rings (SSSR count). The first kappa shape index (κ1) is 10.8. The van der Waals surface area contributed by atoms with E-state index in [4.69, 9.17) is 0 Å². The molecule has 0 aliphatic rings. The summed E-state index contributed by atoms with van der Waals surface area (Å²) in [6, 6.07) is 21.5. The molecule has 0 saturated heterocycles. The van der Waals surface area contributed by atoms with E-state index in [2.05, 4.69) is 76.3 Å². The fourth-order valence-electron chi connectivity index (χ4n) is 1.74. The summed E-state index contributed by atoms with van der Waals surface area (Å²) in [5.74, 6) is 0. The van der Waals surface area contributed by atoms with Crippen LogP contribution in [0.1, 0.15) is 0 Å². The van der Waals surface area contributed by atoms with E-state index >= 15 is 0 Å². The quantitative estimate of drug-likeness (QED) is 0.701. The Balaban J connectivity index is 2.44. The van der Waals surface area contributed by atoms with E-state index in [1.807, 2.05) is 0 Å². The minimum absolute atomic E-state index is 1.46. The van der Waals surface area contributed by atoms with Gasteiger partial charge in [0, 0.05) is 0 Å². The zero-order valence-corrected chi connectivity index (χ0v) is 11.0. The Bertz CT molecular complexity index is 379. The summed E-state index contributed by atoms with van der Waals surface area (Å²) in [6.45, 7) is 0.825. The van der Waals surface area contributed by atoms with E-state index in [1.54, 1.807) is 0 Å². The summed E-state index contributed by atoms with van der Waals surface area (Å²) < 4.78 is 0. The number of hydrogen-bond acceptors (Lipinski definition) is 0. The second-order valence-corrected chi connectivity index (χ2v) is 11.0. The van der Waals surface area contributed by atoms with Crippen LogP contribution in [0.5, 0.6) is 0 Å². The molecule has 15 heavy (non-hydrogen) atoms. The predicted octanol–water partition coefficient (Wildman–Crippen LogP) is 2.81. The van der Waals surface area contributed by atoms with E-state index in [0.29, 0.717) is 0 Å². The standard InChI is InChI=1S/C13H16P2/c1-15(14,12-8-4-2-5-9-12)13-10-6-3-7-11-13/h2-11,15H,14H2,1H3. The maximum absolute atomic E-state index is 3.08. The molecule has 0 aromatic heterocycles. The van der Waals surface area contributed by atoms with Gasteiger partial charge in [0.25, 0.3) is 0 Å². The SMILES string of the molecule is C[PH](P)(c1ccccc1)c1ccccc1. The molecule has 0 nitrogen and oxygen atoms in total. The van der Waals surface area contributed by atoms with Crippen molar-refractivity contribution in [3.8, 4) is 0 Å². The van der Waals surface area contributed by atoms with Crippen molar-refractivity contribution >= 4 is 26.5 Å². The first-order valence-electron chi connectivity index (χ1n) is 5.11. The van der Waals surface area contributed by atoms with Gasteiger partial charge in [0.05, 0.1) is 0 Å². The molecular formula is C13H16P2. The molecule has 1 atom stereocenters. The van der Waals surface area contributed by atoms with Crippen LogP contribution < -0.4 is 10.6 Å². The van der Waals surface area contributed by atoms with E-state index in [0.717, 1.165) is 0 Å². The van der Waals surface area contributed by atoms with E-state index in [9.17, 15) is 0 Å². The van der Waals surface area contributed by atoms with Gasteiger partial charge in [0.2, 0.25) is 0 Å². The van der Waals surface area contributed by atoms with Gasteiger partial charge < -0.3 is 0 Å². The van der Waals surface area contributed by atoms with Gasteiger partial charge in [-0.1, -0.05) is 0 Å². The third-order valence-electron chi connectivity index (χ3n) is 2.75. The predicted molar refractivity (Wildman–Crippen MR) is 76.1 cm³/mol. The molecule has 0 saturated carbocycles. The van der Waals surface area contributed by atoms with Crippen molar-refractivity contribution in [1.29, 1.82) is 0 Å². The Morgan fingerprint density at radius 3 is 1.40 bits per heavy atom. The molecule has 0 fully saturated rings. The van der Waals surface area contributed by atoms with Gasteiger partial charge in [-0.25, -0.2) is 0 Å². The second kappa shape index (κ2) is 4.44. The van der Waals surface area contributed by atoms with Crippen molar-refractivity contribution in [2.24, 2.45) is 0 Å². The molecule has 0 radical (unpaired) electrons. The third-order valence-corrected chi connectivity index (χ3v) is 7.81.